The number of benzene rings is 2. The SMILES string of the molecule is Nc1cc(F)c(F)cc1-c1nc(-c2cccc(O)c2)no1. The van der Waals surface area contributed by atoms with E-state index in [1.54, 1.807) is 12.1 Å². The molecule has 3 rings (SSSR count). The molecule has 0 saturated carbocycles. The fourth-order valence-electron chi connectivity index (χ4n) is 1.84. The first-order chi connectivity index (χ1) is 10.0. The third-order valence-electron chi connectivity index (χ3n) is 2.85. The summed E-state index contributed by atoms with van der Waals surface area (Å²) in [6, 6.07) is 7.98. The van der Waals surface area contributed by atoms with Gasteiger partial charge in [0.05, 0.1) is 5.56 Å². The van der Waals surface area contributed by atoms with Crippen molar-refractivity contribution in [3.63, 3.8) is 0 Å². The van der Waals surface area contributed by atoms with E-state index in [0.29, 0.717) is 5.56 Å². The van der Waals surface area contributed by atoms with E-state index in [1.165, 1.54) is 12.1 Å². The van der Waals surface area contributed by atoms with Crippen LogP contribution in [0.5, 0.6) is 5.75 Å². The molecule has 0 fully saturated rings. The maximum atomic E-state index is 13.3. The molecular weight excluding hydrogens is 280 g/mol. The fraction of sp³-hybridized carbons (Fsp3) is 0. The second kappa shape index (κ2) is 4.86. The lowest BCUT2D eigenvalue weighted by molar-refractivity contribution is 0.431. The Labute approximate surface area is 117 Å². The number of aromatic nitrogens is 2. The van der Waals surface area contributed by atoms with E-state index in [9.17, 15) is 13.9 Å². The lowest BCUT2D eigenvalue weighted by atomic mass is 10.1. The maximum absolute atomic E-state index is 13.3. The van der Waals surface area contributed by atoms with Crippen LogP contribution in [0.1, 0.15) is 0 Å². The molecule has 5 nitrogen and oxygen atoms in total. The highest BCUT2D eigenvalue weighted by atomic mass is 19.2. The zero-order valence-electron chi connectivity index (χ0n) is 10.5. The number of rotatable bonds is 2. The van der Waals surface area contributed by atoms with Crippen LogP contribution in [0.2, 0.25) is 0 Å². The smallest absolute Gasteiger partial charge is 0.260 e. The van der Waals surface area contributed by atoms with Crippen molar-refractivity contribution in [1.29, 1.82) is 0 Å². The van der Waals surface area contributed by atoms with Crippen molar-refractivity contribution in [3.8, 4) is 28.6 Å². The molecule has 3 N–H and O–H groups in total. The Hall–Kier alpha value is -2.96. The van der Waals surface area contributed by atoms with E-state index in [1.807, 2.05) is 0 Å². The maximum Gasteiger partial charge on any atom is 0.260 e. The lowest BCUT2D eigenvalue weighted by Crippen LogP contribution is -1.94. The third kappa shape index (κ3) is 2.40. The van der Waals surface area contributed by atoms with Crippen LogP contribution in [0, 0.1) is 11.6 Å². The van der Waals surface area contributed by atoms with Gasteiger partial charge >= 0.3 is 0 Å². The number of nitrogens with zero attached hydrogens (tertiary/aromatic N) is 2. The highest BCUT2D eigenvalue weighted by Gasteiger charge is 2.16. The molecule has 0 spiro atoms. The molecule has 0 aliphatic rings. The van der Waals surface area contributed by atoms with Crippen LogP contribution in [0.3, 0.4) is 0 Å². The van der Waals surface area contributed by atoms with Crippen LogP contribution >= 0.6 is 0 Å². The number of hydrogen-bond acceptors (Lipinski definition) is 5. The van der Waals surface area contributed by atoms with Crippen molar-refractivity contribution in [3.05, 3.63) is 48.0 Å². The summed E-state index contributed by atoms with van der Waals surface area (Å²) >= 11 is 0. The number of nitrogen functional groups attached to an aromatic ring is 1. The number of halogens is 2. The van der Waals surface area contributed by atoms with Crippen LogP contribution < -0.4 is 5.73 Å². The molecule has 0 aliphatic carbocycles. The highest BCUT2D eigenvalue weighted by molar-refractivity contribution is 5.71. The Balaban J connectivity index is 2.05. The Morgan fingerprint density at radius 3 is 2.62 bits per heavy atom. The molecule has 106 valence electrons. The van der Waals surface area contributed by atoms with Crippen molar-refractivity contribution < 1.29 is 18.4 Å². The highest BCUT2D eigenvalue weighted by Crippen LogP contribution is 2.29. The standard InChI is InChI=1S/C14H9F2N3O2/c15-10-5-9(12(17)6-11(10)16)14-18-13(19-21-14)7-2-1-3-8(20)4-7/h1-6,20H,17H2. The molecule has 0 radical (unpaired) electrons. The molecule has 0 unspecified atom stereocenters. The molecule has 2 aromatic carbocycles. The van der Waals surface area contributed by atoms with E-state index < -0.39 is 11.6 Å². The zero-order valence-corrected chi connectivity index (χ0v) is 10.5. The van der Waals surface area contributed by atoms with Crippen LogP contribution in [0.4, 0.5) is 14.5 Å². The van der Waals surface area contributed by atoms with Gasteiger partial charge < -0.3 is 15.4 Å². The molecule has 1 heterocycles. The summed E-state index contributed by atoms with van der Waals surface area (Å²) in [5.41, 5.74) is 6.23. The van der Waals surface area contributed by atoms with Gasteiger partial charge in [-0.15, -0.1) is 0 Å². The largest absolute Gasteiger partial charge is 0.508 e. The van der Waals surface area contributed by atoms with E-state index in [-0.39, 0.29) is 28.7 Å². The quantitative estimate of drug-likeness (QED) is 0.708. The van der Waals surface area contributed by atoms with Crippen molar-refractivity contribution >= 4 is 5.69 Å². The first-order valence-electron chi connectivity index (χ1n) is 5.92. The van der Waals surface area contributed by atoms with Gasteiger partial charge in [-0.25, -0.2) is 8.78 Å². The summed E-state index contributed by atoms with van der Waals surface area (Å²) in [5, 5.41) is 13.1. The van der Waals surface area contributed by atoms with Crippen LogP contribution in [0.15, 0.2) is 40.9 Å². The van der Waals surface area contributed by atoms with Crippen LogP contribution in [0.25, 0.3) is 22.8 Å². The van der Waals surface area contributed by atoms with Crippen molar-refractivity contribution in [2.45, 2.75) is 0 Å². The van der Waals surface area contributed by atoms with Gasteiger partial charge in [-0.05, 0) is 18.2 Å². The predicted octanol–water partition coefficient (Wildman–Crippen LogP) is 2.97. The Bertz CT molecular complexity index is 818. The van der Waals surface area contributed by atoms with Gasteiger partial charge in [0.2, 0.25) is 5.82 Å². The second-order valence-corrected chi connectivity index (χ2v) is 4.33. The van der Waals surface area contributed by atoms with Crippen molar-refractivity contribution in [2.75, 3.05) is 5.73 Å². The summed E-state index contributed by atoms with van der Waals surface area (Å²) in [4.78, 5) is 4.07. The van der Waals surface area contributed by atoms with E-state index in [4.69, 9.17) is 10.3 Å². The van der Waals surface area contributed by atoms with E-state index in [2.05, 4.69) is 10.1 Å². The molecule has 0 amide bonds. The molecule has 21 heavy (non-hydrogen) atoms. The van der Waals surface area contributed by atoms with Gasteiger partial charge in [0.15, 0.2) is 11.6 Å². The Kier molecular flexibility index (Phi) is 3.02. The van der Waals surface area contributed by atoms with Gasteiger partial charge in [-0.3, -0.25) is 0 Å². The summed E-state index contributed by atoms with van der Waals surface area (Å²) in [6.45, 7) is 0. The minimum absolute atomic E-state index is 0.0139. The molecular formula is C14H9F2N3O2. The number of phenols is 1. The number of nitrogens with two attached hydrogens (primary N) is 1. The van der Waals surface area contributed by atoms with Gasteiger partial charge in [-0.2, -0.15) is 4.98 Å². The van der Waals surface area contributed by atoms with Gasteiger partial charge in [0.1, 0.15) is 5.75 Å². The number of aromatic hydroxyl groups is 1. The first-order valence-corrected chi connectivity index (χ1v) is 5.92. The van der Waals surface area contributed by atoms with Crippen molar-refractivity contribution in [1.82, 2.24) is 10.1 Å². The predicted molar refractivity (Wildman–Crippen MR) is 71.2 cm³/mol. The van der Waals surface area contributed by atoms with Crippen LogP contribution in [-0.2, 0) is 0 Å². The minimum Gasteiger partial charge on any atom is -0.508 e. The Morgan fingerprint density at radius 1 is 1.10 bits per heavy atom. The van der Waals surface area contributed by atoms with Crippen LogP contribution in [-0.4, -0.2) is 15.2 Å². The number of anilines is 1. The summed E-state index contributed by atoms with van der Waals surface area (Å²) < 4.78 is 31.3. The molecule has 0 saturated heterocycles. The average molecular weight is 289 g/mol. The van der Waals surface area contributed by atoms with E-state index >= 15 is 0 Å². The summed E-state index contributed by atoms with van der Waals surface area (Å²) in [5.74, 6) is -1.90. The summed E-state index contributed by atoms with van der Waals surface area (Å²) in [6.07, 6.45) is 0. The lowest BCUT2D eigenvalue weighted by Gasteiger charge is -2.01. The van der Waals surface area contributed by atoms with E-state index in [0.717, 1.165) is 12.1 Å². The molecule has 7 heteroatoms. The first kappa shape index (κ1) is 13.0. The number of hydrogen-bond donors (Lipinski definition) is 2. The average Bonchev–Trinajstić information content (AvgIpc) is 2.92. The molecule has 0 bridgehead atoms. The molecule has 0 aliphatic heterocycles. The van der Waals surface area contributed by atoms with Gasteiger partial charge in [0, 0.05) is 17.3 Å². The van der Waals surface area contributed by atoms with Crippen molar-refractivity contribution in [2.24, 2.45) is 0 Å². The zero-order chi connectivity index (χ0) is 15.0. The van der Waals surface area contributed by atoms with Gasteiger partial charge in [-0.1, -0.05) is 17.3 Å². The normalized spacial score (nSPS) is 10.8. The molecule has 0 atom stereocenters. The third-order valence-corrected chi connectivity index (χ3v) is 2.85. The monoisotopic (exact) mass is 289 g/mol. The second-order valence-electron chi connectivity index (χ2n) is 4.33. The molecule has 3 aromatic rings. The fourth-order valence-corrected chi connectivity index (χ4v) is 1.84. The number of phenolic OH excluding ortho intramolecular Hbond substituents is 1. The minimum atomic E-state index is -1.06. The topological polar surface area (TPSA) is 85.2 Å². The van der Waals surface area contributed by atoms with Gasteiger partial charge in [0.25, 0.3) is 5.89 Å². The summed E-state index contributed by atoms with van der Waals surface area (Å²) in [7, 11) is 0. The molecule has 1 aromatic heterocycles. The Morgan fingerprint density at radius 2 is 1.86 bits per heavy atom.